The van der Waals surface area contributed by atoms with Crippen molar-refractivity contribution in [3.8, 4) is 11.4 Å². The van der Waals surface area contributed by atoms with E-state index in [4.69, 9.17) is 9.47 Å². The van der Waals surface area contributed by atoms with Gasteiger partial charge in [0.2, 0.25) is 0 Å². The smallest absolute Gasteiger partial charge is 0.339 e. The van der Waals surface area contributed by atoms with Crippen molar-refractivity contribution >= 4 is 5.97 Å². The first kappa shape index (κ1) is 13.6. The Morgan fingerprint density at radius 3 is 2.76 bits per heavy atom. The van der Waals surface area contributed by atoms with E-state index in [0.29, 0.717) is 12.3 Å². The third kappa shape index (κ3) is 2.50. The molecule has 1 aliphatic heterocycles. The first-order valence-electron chi connectivity index (χ1n) is 6.78. The largest absolute Gasteiger partial charge is 0.497 e. The molecule has 0 radical (unpaired) electrons. The zero-order chi connectivity index (χ0) is 14.8. The SMILES string of the molecule is COc1ccc(-n2ncc(C(=O)O)c2C2CCCO2)cc1. The Balaban J connectivity index is 2.06. The third-order valence-electron chi connectivity index (χ3n) is 3.59. The lowest BCUT2D eigenvalue weighted by atomic mass is 10.1. The van der Waals surface area contributed by atoms with E-state index in [1.165, 1.54) is 6.20 Å². The first-order valence-corrected chi connectivity index (χ1v) is 6.78. The average Bonchev–Trinajstić information content (AvgIpc) is 3.16. The van der Waals surface area contributed by atoms with Crippen LogP contribution in [0.2, 0.25) is 0 Å². The summed E-state index contributed by atoms with van der Waals surface area (Å²) in [7, 11) is 1.60. The molecule has 0 saturated carbocycles. The Kier molecular flexibility index (Phi) is 3.62. The highest BCUT2D eigenvalue weighted by atomic mass is 16.5. The number of benzene rings is 1. The molecule has 1 aromatic heterocycles. The topological polar surface area (TPSA) is 73.6 Å². The molecule has 1 unspecified atom stereocenters. The quantitative estimate of drug-likeness (QED) is 0.935. The first-order chi connectivity index (χ1) is 10.2. The summed E-state index contributed by atoms with van der Waals surface area (Å²) in [4.78, 5) is 11.4. The van der Waals surface area contributed by atoms with Crippen LogP contribution in [0.5, 0.6) is 5.75 Å². The molecule has 2 aromatic rings. The predicted molar refractivity (Wildman–Crippen MR) is 75.0 cm³/mol. The van der Waals surface area contributed by atoms with E-state index in [0.717, 1.165) is 24.3 Å². The molecule has 110 valence electrons. The molecule has 0 spiro atoms. The molecule has 0 bridgehead atoms. The number of nitrogens with zero attached hydrogens (tertiary/aromatic N) is 2. The van der Waals surface area contributed by atoms with Crippen LogP contribution < -0.4 is 4.74 Å². The van der Waals surface area contributed by atoms with Crippen molar-refractivity contribution in [1.82, 2.24) is 9.78 Å². The maximum absolute atomic E-state index is 11.4. The summed E-state index contributed by atoms with van der Waals surface area (Å²) in [6.07, 6.45) is 2.89. The second-order valence-corrected chi connectivity index (χ2v) is 4.86. The molecule has 6 nitrogen and oxygen atoms in total. The van der Waals surface area contributed by atoms with Gasteiger partial charge in [0.15, 0.2) is 0 Å². The predicted octanol–water partition coefficient (Wildman–Crippen LogP) is 2.43. The highest BCUT2D eigenvalue weighted by molar-refractivity contribution is 5.89. The molecule has 1 N–H and O–H groups in total. The molecule has 21 heavy (non-hydrogen) atoms. The van der Waals surface area contributed by atoms with Crippen molar-refractivity contribution in [2.75, 3.05) is 13.7 Å². The number of carboxylic acids is 1. The molecule has 1 aromatic carbocycles. The Hall–Kier alpha value is -2.34. The zero-order valence-electron chi connectivity index (χ0n) is 11.7. The fourth-order valence-electron chi connectivity index (χ4n) is 2.55. The van der Waals surface area contributed by atoms with Crippen LogP contribution in [0.1, 0.15) is 35.0 Å². The van der Waals surface area contributed by atoms with Gasteiger partial charge in [-0.1, -0.05) is 0 Å². The molecule has 1 saturated heterocycles. The van der Waals surface area contributed by atoms with Crippen molar-refractivity contribution in [3.05, 3.63) is 41.7 Å². The molecular weight excluding hydrogens is 272 g/mol. The number of aromatic carboxylic acids is 1. The lowest BCUT2D eigenvalue weighted by Crippen LogP contribution is -2.11. The second kappa shape index (κ2) is 5.57. The molecule has 0 aliphatic carbocycles. The van der Waals surface area contributed by atoms with Gasteiger partial charge < -0.3 is 14.6 Å². The number of hydrogen-bond donors (Lipinski definition) is 1. The fourth-order valence-corrected chi connectivity index (χ4v) is 2.55. The summed E-state index contributed by atoms with van der Waals surface area (Å²) >= 11 is 0. The number of carbonyl (C=O) groups is 1. The summed E-state index contributed by atoms with van der Waals surface area (Å²) in [6.45, 7) is 0.650. The van der Waals surface area contributed by atoms with E-state index in [9.17, 15) is 9.90 Å². The summed E-state index contributed by atoms with van der Waals surface area (Å²) < 4.78 is 12.4. The lowest BCUT2D eigenvalue weighted by molar-refractivity contribution is 0.0679. The summed E-state index contributed by atoms with van der Waals surface area (Å²) in [5.74, 6) is -0.247. The summed E-state index contributed by atoms with van der Waals surface area (Å²) in [5.41, 5.74) is 1.58. The van der Waals surface area contributed by atoms with Crippen molar-refractivity contribution in [2.24, 2.45) is 0 Å². The number of hydrogen-bond acceptors (Lipinski definition) is 4. The molecule has 2 heterocycles. The number of aromatic nitrogens is 2. The van der Waals surface area contributed by atoms with E-state index in [2.05, 4.69) is 5.10 Å². The number of ether oxygens (including phenoxy) is 2. The van der Waals surface area contributed by atoms with Crippen LogP contribution in [-0.4, -0.2) is 34.6 Å². The van der Waals surface area contributed by atoms with Gasteiger partial charge in [-0.2, -0.15) is 5.10 Å². The molecule has 3 rings (SSSR count). The highest BCUT2D eigenvalue weighted by Gasteiger charge is 2.28. The monoisotopic (exact) mass is 288 g/mol. The van der Waals surface area contributed by atoms with Crippen molar-refractivity contribution in [3.63, 3.8) is 0 Å². The minimum absolute atomic E-state index is 0.192. The molecule has 1 aliphatic rings. The van der Waals surface area contributed by atoms with Gasteiger partial charge in [-0.05, 0) is 37.1 Å². The van der Waals surface area contributed by atoms with Gasteiger partial charge in [0, 0.05) is 6.61 Å². The Labute approximate surface area is 121 Å². The van der Waals surface area contributed by atoms with Gasteiger partial charge in [-0.3, -0.25) is 0 Å². The molecule has 6 heteroatoms. The number of rotatable bonds is 4. The van der Waals surface area contributed by atoms with E-state index in [1.54, 1.807) is 11.8 Å². The van der Waals surface area contributed by atoms with Crippen LogP contribution in [0.15, 0.2) is 30.5 Å². The van der Waals surface area contributed by atoms with E-state index < -0.39 is 5.97 Å². The van der Waals surface area contributed by atoms with Gasteiger partial charge >= 0.3 is 5.97 Å². The van der Waals surface area contributed by atoms with Gasteiger partial charge in [-0.25, -0.2) is 9.48 Å². The van der Waals surface area contributed by atoms with E-state index in [1.807, 2.05) is 24.3 Å². The highest BCUT2D eigenvalue weighted by Crippen LogP contribution is 2.32. The minimum Gasteiger partial charge on any atom is -0.497 e. The van der Waals surface area contributed by atoms with Gasteiger partial charge in [0.1, 0.15) is 17.4 Å². The third-order valence-corrected chi connectivity index (χ3v) is 3.59. The van der Waals surface area contributed by atoms with Gasteiger partial charge in [0.25, 0.3) is 0 Å². The van der Waals surface area contributed by atoms with E-state index in [-0.39, 0.29) is 11.7 Å². The molecule has 1 fully saturated rings. The van der Waals surface area contributed by atoms with Crippen LogP contribution in [0.4, 0.5) is 0 Å². The maximum atomic E-state index is 11.4. The van der Waals surface area contributed by atoms with Crippen LogP contribution in [0, 0.1) is 0 Å². The average molecular weight is 288 g/mol. The zero-order valence-corrected chi connectivity index (χ0v) is 11.7. The molecule has 1 atom stereocenters. The molecule has 0 amide bonds. The Morgan fingerprint density at radius 2 is 2.19 bits per heavy atom. The van der Waals surface area contributed by atoms with Crippen LogP contribution in [0.3, 0.4) is 0 Å². The van der Waals surface area contributed by atoms with Crippen molar-refractivity contribution in [2.45, 2.75) is 18.9 Å². The fraction of sp³-hybridized carbons (Fsp3) is 0.333. The molecular formula is C15H16N2O4. The van der Waals surface area contributed by atoms with Crippen molar-refractivity contribution in [1.29, 1.82) is 0 Å². The van der Waals surface area contributed by atoms with Gasteiger partial charge in [0.05, 0.1) is 24.7 Å². The minimum atomic E-state index is -0.986. The lowest BCUT2D eigenvalue weighted by Gasteiger charge is -2.14. The second-order valence-electron chi connectivity index (χ2n) is 4.86. The standard InChI is InChI=1S/C15H16N2O4/c1-20-11-6-4-10(5-7-11)17-14(13-3-2-8-21-13)12(9-16-17)15(18)19/h4-7,9,13H,2-3,8H2,1H3,(H,18,19). The van der Waals surface area contributed by atoms with Crippen molar-refractivity contribution < 1.29 is 19.4 Å². The number of carboxylic acid groups (broad SMARTS) is 1. The maximum Gasteiger partial charge on any atom is 0.339 e. The normalized spacial score (nSPS) is 17.9. The summed E-state index contributed by atoms with van der Waals surface area (Å²) in [6, 6.07) is 7.32. The van der Waals surface area contributed by atoms with Crippen LogP contribution in [0.25, 0.3) is 5.69 Å². The van der Waals surface area contributed by atoms with Crippen LogP contribution >= 0.6 is 0 Å². The summed E-state index contributed by atoms with van der Waals surface area (Å²) in [5, 5.41) is 13.6. The Morgan fingerprint density at radius 1 is 1.43 bits per heavy atom. The Bertz CT molecular complexity index is 642. The van der Waals surface area contributed by atoms with E-state index >= 15 is 0 Å². The van der Waals surface area contributed by atoms with Gasteiger partial charge in [-0.15, -0.1) is 0 Å². The number of methoxy groups -OCH3 is 1. The van der Waals surface area contributed by atoms with Crippen LogP contribution in [-0.2, 0) is 4.74 Å².